The van der Waals surface area contributed by atoms with Crippen LogP contribution in [0.4, 0.5) is 13.6 Å². The zero-order valence-electron chi connectivity index (χ0n) is 13.2. The van der Waals surface area contributed by atoms with Crippen LogP contribution in [0.3, 0.4) is 0 Å². The summed E-state index contributed by atoms with van der Waals surface area (Å²) in [7, 11) is 1.35. The van der Waals surface area contributed by atoms with E-state index in [0.29, 0.717) is 30.9 Å². The van der Waals surface area contributed by atoms with E-state index in [2.05, 4.69) is 15.5 Å². The number of ether oxygens (including phenoxy) is 1. The van der Waals surface area contributed by atoms with Gasteiger partial charge in [0.25, 0.3) is 0 Å². The Balaban J connectivity index is 1.68. The second-order valence-electron chi connectivity index (χ2n) is 5.65. The molecule has 1 aliphatic rings. The Morgan fingerprint density at radius 3 is 2.92 bits per heavy atom. The predicted octanol–water partition coefficient (Wildman–Crippen LogP) is 2.29. The first-order valence-electron chi connectivity index (χ1n) is 7.63. The summed E-state index contributed by atoms with van der Waals surface area (Å²) in [6.45, 7) is 1.54. The van der Waals surface area contributed by atoms with Crippen molar-refractivity contribution in [2.45, 2.75) is 19.0 Å². The Morgan fingerprint density at radius 1 is 1.46 bits per heavy atom. The maximum absolute atomic E-state index is 13.9. The molecule has 2 aromatic rings. The summed E-state index contributed by atoms with van der Waals surface area (Å²) in [5.74, 6) is -1.28. The van der Waals surface area contributed by atoms with Gasteiger partial charge in [-0.25, -0.2) is 13.6 Å². The van der Waals surface area contributed by atoms with Crippen LogP contribution < -0.4 is 5.32 Å². The Hall–Kier alpha value is -2.48. The van der Waals surface area contributed by atoms with Crippen molar-refractivity contribution in [1.82, 2.24) is 20.4 Å². The number of carbonyl (C=O) groups excluding carboxylic acids is 1. The topological polar surface area (TPSA) is 70.2 Å². The van der Waals surface area contributed by atoms with Crippen LogP contribution in [0.1, 0.15) is 12.0 Å². The zero-order valence-corrected chi connectivity index (χ0v) is 13.2. The van der Waals surface area contributed by atoms with Crippen molar-refractivity contribution < 1.29 is 18.3 Å². The summed E-state index contributed by atoms with van der Waals surface area (Å²) < 4.78 is 32.6. The van der Waals surface area contributed by atoms with Crippen molar-refractivity contribution >= 4 is 6.09 Å². The van der Waals surface area contributed by atoms with Gasteiger partial charge in [-0.05, 0) is 18.6 Å². The number of nitrogens with zero attached hydrogens (tertiary/aromatic N) is 2. The summed E-state index contributed by atoms with van der Waals surface area (Å²) in [6.07, 6.45) is 1.98. The molecule has 0 saturated carbocycles. The Kier molecular flexibility index (Phi) is 4.75. The number of rotatable bonds is 4. The number of amides is 1. The molecule has 2 heterocycles. The van der Waals surface area contributed by atoms with Gasteiger partial charge in [-0.2, -0.15) is 5.10 Å². The molecule has 1 aliphatic heterocycles. The maximum Gasteiger partial charge on any atom is 0.409 e. The molecule has 0 spiro atoms. The first kappa shape index (κ1) is 16.4. The highest BCUT2D eigenvalue weighted by molar-refractivity contribution is 5.67. The third-order valence-corrected chi connectivity index (χ3v) is 4.13. The highest BCUT2D eigenvalue weighted by Gasteiger charge is 2.26. The summed E-state index contributed by atoms with van der Waals surface area (Å²) in [5.41, 5.74) is 0.867. The van der Waals surface area contributed by atoms with Crippen molar-refractivity contribution in [1.29, 1.82) is 0 Å². The molecule has 1 aromatic carbocycles. The van der Waals surface area contributed by atoms with E-state index >= 15 is 0 Å². The van der Waals surface area contributed by atoms with Crippen LogP contribution in [0.2, 0.25) is 0 Å². The third-order valence-electron chi connectivity index (χ3n) is 4.13. The van der Waals surface area contributed by atoms with E-state index in [-0.39, 0.29) is 17.7 Å². The van der Waals surface area contributed by atoms with Crippen LogP contribution in [0.5, 0.6) is 0 Å². The van der Waals surface area contributed by atoms with E-state index in [0.717, 1.165) is 6.42 Å². The van der Waals surface area contributed by atoms with Gasteiger partial charge in [0.2, 0.25) is 0 Å². The first-order chi connectivity index (χ1) is 11.6. The van der Waals surface area contributed by atoms with Crippen molar-refractivity contribution in [2.24, 2.45) is 0 Å². The SMILES string of the molecule is COC(=O)N1CC[C@@H](NCc2cn[nH]c2-c2c(F)cccc2F)C1. The van der Waals surface area contributed by atoms with Gasteiger partial charge < -0.3 is 15.0 Å². The minimum Gasteiger partial charge on any atom is -0.453 e. The van der Waals surface area contributed by atoms with E-state index in [1.165, 1.54) is 25.3 Å². The second-order valence-corrected chi connectivity index (χ2v) is 5.65. The highest BCUT2D eigenvalue weighted by atomic mass is 19.1. The van der Waals surface area contributed by atoms with E-state index in [1.807, 2.05) is 0 Å². The summed E-state index contributed by atoms with van der Waals surface area (Å²) in [5, 5.41) is 9.85. The van der Waals surface area contributed by atoms with Crippen LogP contribution in [-0.4, -0.2) is 47.4 Å². The van der Waals surface area contributed by atoms with Gasteiger partial charge in [-0.15, -0.1) is 0 Å². The van der Waals surface area contributed by atoms with Crippen molar-refractivity contribution in [3.05, 3.63) is 41.6 Å². The number of carbonyl (C=O) groups is 1. The lowest BCUT2D eigenvalue weighted by molar-refractivity contribution is 0.132. The van der Waals surface area contributed by atoms with Crippen LogP contribution in [0, 0.1) is 11.6 Å². The molecule has 0 radical (unpaired) electrons. The lowest BCUT2D eigenvalue weighted by Gasteiger charge is -2.15. The monoisotopic (exact) mass is 336 g/mol. The van der Waals surface area contributed by atoms with Gasteiger partial charge in [0, 0.05) is 31.2 Å². The Bertz CT molecular complexity index is 714. The number of aromatic amines is 1. The van der Waals surface area contributed by atoms with E-state index < -0.39 is 11.6 Å². The number of hydrogen-bond acceptors (Lipinski definition) is 4. The Morgan fingerprint density at radius 2 is 2.21 bits per heavy atom. The van der Waals surface area contributed by atoms with Crippen molar-refractivity contribution in [3.63, 3.8) is 0 Å². The normalized spacial score (nSPS) is 17.3. The smallest absolute Gasteiger partial charge is 0.409 e. The van der Waals surface area contributed by atoms with Gasteiger partial charge in [0.15, 0.2) is 0 Å². The van der Waals surface area contributed by atoms with Crippen molar-refractivity contribution in [2.75, 3.05) is 20.2 Å². The molecule has 3 rings (SSSR count). The van der Waals surface area contributed by atoms with Gasteiger partial charge in [0.1, 0.15) is 11.6 Å². The van der Waals surface area contributed by atoms with Crippen molar-refractivity contribution in [3.8, 4) is 11.3 Å². The quantitative estimate of drug-likeness (QED) is 0.899. The molecule has 24 heavy (non-hydrogen) atoms. The van der Waals surface area contributed by atoms with Gasteiger partial charge in [-0.1, -0.05) is 6.07 Å². The molecule has 1 saturated heterocycles. The fourth-order valence-corrected chi connectivity index (χ4v) is 2.87. The maximum atomic E-state index is 13.9. The number of benzene rings is 1. The average Bonchev–Trinajstić information content (AvgIpc) is 3.21. The van der Waals surface area contributed by atoms with Gasteiger partial charge in [-0.3, -0.25) is 5.10 Å². The van der Waals surface area contributed by atoms with E-state index in [1.54, 1.807) is 11.1 Å². The number of halogens is 2. The molecule has 8 heteroatoms. The molecule has 0 aliphatic carbocycles. The summed E-state index contributed by atoms with van der Waals surface area (Å²) >= 11 is 0. The van der Waals surface area contributed by atoms with Crippen LogP contribution >= 0.6 is 0 Å². The Labute approximate surface area is 137 Å². The molecular formula is C16H18F2N4O2. The summed E-state index contributed by atoms with van der Waals surface area (Å²) in [6, 6.07) is 3.84. The fraction of sp³-hybridized carbons (Fsp3) is 0.375. The molecular weight excluding hydrogens is 318 g/mol. The standard InChI is InChI=1S/C16H18F2N4O2/c1-24-16(23)22-6-5-11(9-22)19-7-10-8-20-21-15(10)14-12(17)3-2-4-13(14)18/h2-4,8,11,19H,5-7,9H2,1H3,(H,20,21)/t11-/m1/s1. The van der Waals surface area contributed by atoms with Crippen LogP contribution in [-0.2, 0) is 11.3 Å². The average molecular weight is 336 g/mol. The molecule has 2 N–H and O–H groups in total. The lowest BCUT2D eigenvalue weighted by atomic mass is 10.1. The van der Waals surface area contributed by atoms with Crippen LogP contribution in [0.15, 0.2) is 24.4 Å². The fourth-order valence-electron chi connectivity index (χ4n) is 2.87. The number of H-pyrrole nitrogens is 1. The van der Waals surface area contributed by atoms with E-state index in [9.17, 15) is 13.6 Å². The zero-order chi connectivity index (χ0) is 17.1. The van der Waals surface area contributed by atoms with Crippen LogP contribution in [0.25, 0.3) is 11.3 Å². The number of nitrogens with one attached hydrogen (secondary N) is 2. The number of aromatic nitrogens is 2. The number of hydrogen-bond donors (Lipinski definition) is 2. The highest BCUT2D eigenvalue weighted by Crippen LogP contribution is 2.27. The van der Waals surface area contributed by atoms with Gasteiger partial charge >= 0.3 is 6.09 Å². The second kappa shape index (κ2) is 6.96. The molecule has 1 atom stereocenters. The molecule has 0 bridgehead atoms. The molecule has 128 valence electrons. The molecule has 1 aromatic heterocycles. The molecule has 1 amide bonds. The molecule has 6 nitrogen and oxygen atoms in total. The largest absolute Gasteiger partial charge is 0.453 e. The number of likely N-dealkylation sites (tertiary alicyclic amines) is 1. The minimum atomic E-state index is -0.641. The minimum absolute atomic E-state index is 0.0947. The molecule has 0 unspecified atom stereocenters. The first-order valence-corrected chi connectivity index (χ1v) is 7.63. The molecule has 1 fully saturated rings. The predicted molar refractivity (Wildman–Crippen MR) is 83.2 cm³/mol. The number of methoxy groups -OCH3 is 1. The van der Waals surface area contributed by atoms with E-state index in [4.69, 9.17) is 4.74 Å². The lowest BCUT2D eigenvalue weighted by Crippen LogP contribution is -2.34. The summed E-state index contributed by atoms with van der Waals surface area (Å²) in [4.78, 5) is 13.1. The van der Waals surface area contributed by atoms with Gasteiger partial charge in [0.05, 0.1) is 24.6 Å². The third kappa shape index (κ3) is 3.23.